The van der Waals surface area contributed by atoms with E-state index in [1.807, 2.05) is 13.8 Å². The summed E-state index contributed by atoms with van der Waals surface area (Å²) in [5.41, 5.74) is -0.404. The second-order valence-electron chi connectivity index (χ2n) is 5.02. The van der Waals surface area contributed by atoms with Crippen LogP contribution in [0.3, 0.4) is 0 Å². The molecule has 5 heteroatoms. The number of carbonyl (C=O) groups is 2. The summed E-state index contributed by atoms with van der Waals surface area (Å²) in [5.74, 6) is 0.0320. The lowest BCUT2D eigenvalue weighted by molar-refractivity contribution is -0.131. The molecule has 1 N–H and O–H groups in total. The van der Waals surface area contributed by atoms with Crippen LogP contribution in [0.1, 0.15) is 33.6 Å². The van der Waals surface area contributed by atoms with Crippen LogP contribution < -0.4 is 0 Å². The molecule has 0 aromatic rings. The van der Waals surface area contributed by atoms with E-state index in [0.29, 0.717) is 19.4 Å². The Morgan fingerprint density at radius 2 is 2.00 bits per heavy atom. The number of rotatable bonds is 1. The van der Waals surface area contributed by atoms with E-state index in [1.165, 1.54) is 11.8 Å². The largest absolute Gasteiger partial charge is 0.465 e. The van der Waals surface area contributed by atoms with Gasteiger partial charge in [-0.3, -0.25) is 4.79 Å². The second kappa shape index (κ2) is 4.31. The summed E-state index contributed by atoms with van der Waals surface area (Å²) in [7, 11) is 1.78. The summed E-state index contributed by atoms with van der Waals surface area (Å²) < 4.78 is 0. The Morgan fingerprint density at radius 1 is 1.44 bits per heavy atom. The molecule has 5 nitrogen and oxygen atoms in total. The van der Waals surface area contributed by atoms with Gasteiger partial charge in [0.15, 0.2) is 0 Å². The Balaban J connectivity index is 2.74. The summed E-state index contributed by atoms with van der Waals surface area (Å²) in [6.07, 6.45) is 0.523. The van der Waals surface area contributed by atoms with Crippen molar-refractivity contribution in [1.29, 1.82) is 0 Å². The van der Waals surface area contributed by atoms with E-state index in [0.717, 1.165) is 0 Å². The van der Waals surface area contributed by atoms with E-state index < -0.39 is 11.6 Å². The van der Waals surface area contributed by atoms with Gasteiger partial charge in [-0.2, -0.15) is 0 Å². The van der Waals surface area contributed by atoms with Crippen molar-refractivity contribution in [3.8, 4) is 0 Å². The van der Waals surface area contributed by atoms with Crippen LogP contribution in [0, 0.1) is 0 Å². The fraction of sp³-hybridized carbons (Fsp3) is 0.818. The summed E-state index contributed by atoms with van der Waals surface area (Å²) in [6, 6.07) is 0.142. The van der Waals surface area contributed by atoms with Crippen LogP contribution in [0.5, 0.6) is 0 Å². The maximum atomic E-state index is 11.3. The van der Waals surface area contributed by atoms with Gasteiger partial charge in [-0.1, -0.05) is 0 Å². The first-order chi connectivity index (χ1) is 7.25. The van der Waals surface area contributed by atoms with Crippen molar-refractivity contribution in [3.05, 3.63) is 0 Å². The molecule has 0 aliphatic carbocycles. The molecule has 1 unspecified atom stereocenters. The topological polar surface area (TPSA) is 60.9 Å². The Hall–Kier alpha value is -1.26. The first kappa shape index (κ1) is 12.8. The van der Waals surface area contributed by atoms with E-state index in [4.69, 9.17) is 5.11 Å². The molecule has 0 aromatic heterocycles. The lowest BCUT2D eigenvalue weighted by atomic mass is 9.86. The number of piperidine rings is 1. The van der Waals surface area contributed by atoms with Gasteiger partial charge >= 0.3 is 6.09 Å². The minimum atomic E-state index is -0.881. The van der Waals surface area contributed by atoms with Crippen molar-refractivity contribution in [2.45, 2.75) is 45.2 Å². The number of nitrogens with zero attached hydrogens (tertiary/aromatic N) is 2. The molecular formula is C11H20N2O3. The summed E-state index contributed by atoms with van der Waals surface area (Å²) in [4.78, 5) is 25.5. The van der Waals surface area contributed by atoms with E-state index in [1.54, 1.807) is 11.9 Å². The van der Waals surface area contributed by atoms with Crippen LogP contribution >= 0.6 is 0 Å². The highest BCUT2D eigenvalue weighted by Gasteiger charge is 2.39. The lowest BCUT2D eigenvalue weighted by Gasteiger charge is -2.46. The zero-order valence-electron chi connectivity index (χ0n) is 10.4. The molecule has 2 amide bonds. The maximum absolute atomic E-state index is 11.3. The van der Waals surface area contributed by atoms with Gasteiger partial charge < -0.3 is 14.9 Å². The minimum Gasteiger partial charge on any atom is -0.465 e. The first-order valence-electron chi connectivity index (χ1n) is 5.49. The predicted molar refractivity (Wildman–Crippen MR) is 60.3 cm³/mol. The van der Waals surface area contributed by atoms with Gasteiger partial charge in [0, 0.05) is 32.1 Å². The van der Waals surface area contributed by atoms with Crippen molar-refractivity contribution in [1.82, 2.24) is 9.80 Å². The van der Waals surface area contributed by atoms with Gasteiger partial charge in [0.2, 0.25) is 5.91 Å². The zero-order valence-corrected chi connectivity index (χ0v) is 10.4. The average Bonchev–Trinajstić information content (AvgIpc) is 2.13. The number of carboxylic acid groups (broad SMARTS) is 1. The molecule has 1 aliphatic rings. The second-order valence-corrected chi connectivity index (χ2v) is 5.02. The lowest BCUT2D eigenvalue weighted by Crippen LogP contribution is -2.57. The van der Waals surface area contributed by atoms with Crippen LogP contribution in [0.2, 0.25) is 0 Å². The van der Waals surface area contributed by atoms with Crippen LogP contribution in [-0.4, -0.2) is 52.1 Å². The average molecular weight is 228 g/mol. The molecule has 0 radical (unpaired) electrons. The number of likely N-dealkylation sites (tertiary alicyclic amines) is 1. The zero-order chi connectivity index (χ0) is 12.5. The van der Waals surface area contributed by atoms with Gasteiger partial charge in [-0.05, 0) is 26.7 Å². The molecule has 1 aliphatic heterocycles. The molecule has 1 heterocycles. The van der Waals surface area contributed by atoms with Crippen LogP contribution in [0.15, 0.2) is 0 Å². The third-order valence-electron chi connectivity index (χ3n) is 3.43. The number of carbonyl (C=O) groups excluding carboxylic acids is 1. The third-order valence-corrected chi connectivity index (χ3v) is 3.43. The predicted octanol–water partition coefficient (Wildman–Crippen LogP) is 1.39. The van der Waals surface area contributed by atoms with Crippen LogP contribution in [0.25, 0.3) is 0 Å². The van der Waals surface area contributed by atoms with Gasteiger partial charge in [-0.15, -0.1) is 0 Å². The monoisotopic (exact) mass is 228 g/mol. The van der Waals surface area contributed by atoms with Crippen molar-refractivity contribution < 1.29 is 14.7 Å². The van der Waals surface area contributed by atoms with E-state index in [-0.39, 0.29) is 11.9 Å². The number of hydrogen-bond donors (Lipinski definition) is 1. The standard InChI is InChI=1S/C11H20N2O3/c1-8(14)12(4)9-5-6-13(10(15)16)11(2,3)7-9/h9H,5-7H2,1-4H3,(H,15,16). The maximum Gasteiger partial charge on any atom is 0.407 e. The van der Waals surface area contributed by atoms with Crippen molar-refractivity contribution in [3.63, 3.8) is 0 Å². The molecule has 1 atom stereocenters. The quantitative estimate of drug-likeness (QED) is 0.737. The van der Waals surface area contributed by atoms with Gasteiger partial charge in [0.1, 0.15) is 0 Å². The molecular weight excluding hydrogens is 208 g/mol. The third kappa shape index (κ3) is 2.46. The summed E-state index contributed by atoms with van der Waals surface area (Å²) in [6.45, 7) is 5.84. The molecule has 0 spiro atoms. The molecule has 0 aromatic carbocycles. The smallest absolute Gasteiger partial charge is 0.407 e. The van der Waals surface area contributed by atoms with Crippen LogP contribution in [0.4, 0.5) is 4.79 Å². The highest BCUT2D eigenvalue weighted by Crippen LogP contribution is 2.29. The number of hydrogen-bond acceptors (Lipinski definition) is 2. The first-order valence-corrected chi connectivity index (χ1v) is 5.49. The van der Waals surface area contributed by atoms with Crippen molar-refractivity contribution in [2.24, 2.45) is 0 Å². The Labute approximate surface area is 96.0 Å². The summed E-state index contributed by atoms with van der Waals surface area (Å²) in [5, 5.41) is 9.05. The van der Waals surface area contributed by atoms with Crippen molar-refractivity contribution in [2.75, 3.05) is 13.6 Å². The molecule has 16 heavy (non-hydrogen) atoms. The van der Waals surface area contributed by atoms with Gasteiger partial charge in [-0.25, -0.2) is 4.79 Å². The van der Waals surface area contributed by atoms with E-state index >= 15 is 0 Å². The van der Waals surface area contributed by atoms with Crippen molar-refractivity contribution >= 4 is 12.0 Å². The highest BCUT2D eigenvalue weighted by atomic mass is 16.4. The van der Waals surface area contributed by atoms with Gasteiger partial charge in [0.05, 0.1) is 0 Å². The molecule has 1 saturated heterocycles. The Morgan fingerprint density at radius 3 is 2.38 bits per heavy atom. The molecule has 0 bridgehead atoms. The summed E-state index contributed by atoms with van der Waals surface area (Å²) >= 11 is 0. The number of amides is 2. The Kier molecular flexibility index (Phi) is 3.45. The SMILES string of the molecule is CC(=O)N(C)C1CCN(C(=O)O)C(C)(C)C1. The Bertz CT molecular complexity index is 302. The fourth-order valence-electron chi connectivity index (χ4n) is 2.31. The fourth-order valence-corrected chi connectivity index (χ4v) is 2.31. The molecule has 1 rings (SSSR count). The van der Waals surface area contributed by atoms with E-state index in [9.17, 15) is 9.59 Å². The van der Waals surface area contributed by atoms with E-state index in [2.05, 4.69) is 0 Å². The molecule has 0 saturated carbocycles. The minimum absolute atomic E-state index is 0.0320. The molecule has 92 valence electrons. The molecule has 1 fully saturated rings. The highest BCUT2D eigenvalue weighted by molar-refractivity contribution is 5.73. The normalized spacial score (nSPS) is 24.0. The van der Waals surface area contributed by atoms with Crippen LogP contribution in [-0.2, 0) is 4.79 Å². The van der Waals surface area contributed by atoms with Gasteiger partial charge in [0.25, 0.3) is 0 Å².